The van der Waals surface area contributed by atoms with Gasteiger partial charge in [0.05, 0.1) is 6.04 Å². The number of carbonyl (C=O) groups is 1. The minimum absolute atomic E-state index is 0.168. The van der Waals surface area contributed by atoms with Crippen molar-refractivity contribution >= 4 is 17.7 Å². The van der Waals surface area contributed by atoms with E-state index < -0.39 is 0 Å². The number of hydrogen-bond acceptors (Lipinski definition) is 3. The van der Waals surface area contributed by atoms with Crippen LogP contribution in [0.4, 0.5) is 0 Å². The van der Waals surface area contributed by atoms with E-state index in [-0.39, 0.29) is 11.9 Å². The minimum atomic E-state index is 0.168. The van der Waals surface area contributed by atoms with E-state index >= 15 is 0 Å². The highest BCUT2D eigenvalue weighted by Crippen LogP contribution is 2.37. The van der Waals surface area contributed by atoms with Crippen LogP contribution in [0.3, 0.4) is 0 Å². The summed E-state index contributed by atoms with van der Waals surface area (Å²) in [5.74, 6) is 0.168. The van der Waals surface area contributed by atoms with Gasteiger partial charge in [-0.3, -0.25) is 4.79 Å². The summed E-state index contributed by atoms with van der Waals surface area (Å²) >= 11 is 1.78. The summed E-state index contributed by atoms with van der Waals surface area (Å²) in [6.07, 6.45) is 3.98. The van der Waals surface area contributed by atoms with Crippen LogP contribution in [0.25, 0.3) is 0 Å². The number of pyridine rings is 1. The van der Waals surface area contributed by atoms with Gasteiger partial charge >= 0.3 is 0 Å². The Morgan fingerprint density at radius 3 is 3.00 bits per heavy atom. The largest absolute Gasteiger partial charge is 0.336 e. The smallest absolute Gasteiger partial charge is 0.219 e. The lowest BCUT2D eigenvalue weighted by atomic mass is 10.1. The van der Waals surface area contributed by atoms with Crippen molar-refractivity contribution in [2.45, 2.75) is 49.9 Å². The Hall–Kier alpha value is -1.03. The molecule has 1 aromatic rings. The van der Waals surface area contributed by atoms with Crippen molar-refractivity contribution in [1.29, 1.82) is 0 Å². The second-order valence-electron chi connectivity index (χ2n) is 4.93. The number of likely N-dealkylation sites (tertiary alicyclic amines) is 1. The molecule has 2 heterocycles. The van der Waals surface area contributed by atoms with Gasteiger partial charge in [0.15, 0.2) is 0 Å². The SMILES string of the molecule is CC(=O)N1CCC[C@H]1c1cccnc1SC(C)C. The van der Waals surface area contributed by atoms with Crippen LogP contribution in [0.15, 0.2) is 23.4 Å². The van der Waals surface area contributed by atoms with E-state index in [1.165, 1.54) is 5.56 Å². The van der Waals surface area contributed by atoms with Crippen LogP contribution in [0.2, 0.25) is 0 Å². The Labute approximate surface area is 113 Å². The monoisotopic (exact) mass is 264 g/mol. The maximum atomic E-state index is 11.7. The molecule has 1 fully saturated rings. The molecule has 4 heteroatoms. The van der Waals surface area contributed by atoms with Gasteiger partial charge in [-0.15, -0.1) is 11.8 Å². The van der Waals surface area contributed by atoms with Gasteiger partial charge in [0.25, 0.3) is 0 Å². The predicted octanol–water partition coefficient (Wildman–Crippen LogP) is 3.27. The van der Waals surface area contributed by atoms with Gasteiger partial charge in [0.1, 0.15) is 5.03 Å². The first-order valence-corrected chi connectivity index (χ1v) is 7.36. The summed E-state index contributed by atoms with van der Waals surface area (Å²) in [5.41, 5.74) is 1.21. The minimum Gasteiger partial charge on any atom is -0.336 e. The molecule has 1 aliphatic rings. The van der Waals surface area contributed by atoms with Crippen molar-refractivity contribution in [2.24, 2.45) is 0 Å². The molecule has 0 aromatic carbocycles. The van der Waals surface area contributed by atoms with E-state index in [4.69, 9.17) is 0 Å². The zero-order valence-electron chi connectivity index (χ0n) is 11.2. The summed E-state index contributed by atoms with van der Waals surface area (Å²) < 4.78 is 0. The van der Waals surface area contributed by atoms with E-state index in [1.807, 2.05) is 17.2 Å². The van der Waals surface area contributed by atoms with Gasteiger partial charge in [-0.05, 0) is 18.9 Å². The molecule has 0 aliphatic carbocycles. The molecule has 1 aliphatic heterocycles. The third kappa shape index (κ3) is 2.86. The first kappa shape index (κ1) is 13.4. The van der Waals surface area contributed by atoms with Crippen molar-refractivity contribution in [2.75, 3.05) is 6.54 Å². The normalized spacial score (nSPS) is 19.6. The molecule has 18 heavy (non-hydrogen) atoms. The second kappa shape index (κ2) is 5.74. The summed E-state index contributed by atoms with van der Waals surface area (Å²) in [5, 5.41) is 1.58. The fourth-order valence-corrected chi connectivity index (χ4v) is 3.35. The Balaban J connectivity index is 2.29. The first-order valence-electron chi connectivity index (χ1n) is 6.48. The average Bonchev–Trinajstić information content (AvgIpc) is 2.77. The van der Waals surface area contributed by atoms with Crippen LogP contribution in [0.1, 0.15) is 45.2 Å². The van der Waals surface area contributed by atoms with Crippen LogP contribution in [-0.2, 0) is 4.79 Å². The number of rotatable bonds is 3. The van der Waals surface area contributed by atoms with Crippen molar-refractivity contribution in [1.82, 2.24) is 9.88 Å². The lowest BCUT2D eigenvalue weighted by molar-refractivity contribution is -0.129. The van der Waals surface area contributed by atoms with Gasteiger partial charge in [-0.2, -0.15) is 0 Å². The molecule has 0 N–H and O–H groups in total. The Morgan fingerprint density at radius 2 is 2.33 bits per heavy atom. The topological polar surface area (TPSA) is 33.2 Å². The molecule has 1 saturated heterocycles. The summed E-state index contributed by atoms with van der Waals surface area (Å²) in [4.78, 5) is 18.1. The highest BCUT2D eigenvalue weighted by Gasteiger charge is 2.29. The van der Waals surface area contributed by atoms with E-state index in [9.17, 15) is 4.79 Å². The highest BCUT2D eigenvalue weighted by atomic mass is 32.2. The molecular weight excluding hydrogens is 244 g/mol. The molecule has 1 aromatic heterocycles. The Bertz CT molecular complexity index is 434. The number of amides is 1. The molecule has 1 atom stereocenters. The molecule has 0 saturated carbocycles. The molecular formula is C14H20N2OS. The third-order valence-corrected chi connectivity index (χ3v) is 4.20. The lowest BCUT2D eigenvalue weighted by Gasteiger charge is -2.25. The summed E-state index contributed by atoms with van der Waals surface area (Å²) in [7, 11) is 0. The highest BCUT2D eigenvalue weighted by molar-refractivity contribution is 7.99. The zero-order valence-corrected chi connectivity index (χ0v) is 12.0. The number of nitrogens with zero attached hydrogens (tertiary/aromatic N) is 2. The van der Waals surface area contributed by atoms with Crippen molar-refractivity contribution < 1.29 is 4.79 Å². The van der Waals surface area contributed by atoms with Crippen LogP contribution in [0, 0.1) is 0 Å². The third-order valence-electron chi connectivity index (χ3n) is 3.16. The van der Waals surface area contributed by atoms with Crippen LogP contribution >= 0.6 is 11.8 Å². The number of aromatic nitrogens is 1. The van der Waals surface area contributed by atoms with Crippen molar-refractivity contribution in [3.63, 3.8) is 0 Å². The number of hydrogen-bond donors (Lipinski definition) is 0. The van der Waals surface area contributed by atoms with Gasteiger partial charge in [-0.1, -0.05) is 19.9 Å². The zero-order chi connectivity index (χ0) is 13.1. The Kier molecular flexibility index (Phi) is 4.27. The van der Waals surface area contributed by atoms with E-state index in [2.05, 4.69) is 24.9 Å². The maximum absolute atomic E-state index is 11.7. The standard InChI is InChI=1S/C14H20N2OS/c1-10(2)18-14-12(6-4-8-15-14)13-7-5-9-16(13)11(3)17/h4,6,8,10,13H,5,7,9H2,1-3H3/t13-/m0/s1. The number of carbonyl (C=O) groups excluding carboxylic acids is 1. The summed E-state index contributed by atoms with van der Waals surface area (Å²) in [6, 6.07) is 4.30. The van der Waals surface area contributed by atoms with Gasteiger partial charge in [0.2, 0.25) is 5.91 Å². The van der Waals surface area contributed by atoms with E-state index in [1.54, 1.807) is 18.7 Å². The maximum Gasteiger partial charge on any atom is 0.219 e. The summed E-state index contributed by atoms with van der Waals surface area (Å²) in [6.45, 7) is 6.87. The van der Waals surface area contributed by atoms with Crippen molar-refractivity contribution in [3.05, 3.63) is 23.9 Å². The van der Waals surface area contributed by atoms with Gasteiger partial charge in [-0.25, -0.2) is 4.98 Å². The predicted molar refractivity (Wildman–Crippen MR) is 74.6 cm³/mol. The molecule has 1 amide bonds. The lowest BCUT2D eigenvalue weighted by Crippen LogP contribution is -2.28. The molecule has 0 spiro atoms. The second-order valence-corrected chi connectivity index (χ2v) is 6.50. The fourth-order valence-electron chi connectivity index (χ4n) is 2.45. The van der Waals surface area contributed by atoms with Gasteiger partial charge < -0.3 is 4.90 Å². The van der Waals surface area contributed by atoms with Crippen LogP contribution in [-0.4, -0.2) is 27.6 Å². The van der Waals surface area contributed by atoms with Crippen LogP contribution in [0.5, 0.6) is 0 Å². The molecule has 2 rings (SSSR count). The first-order chi connectivity index (χ1) is 8.59. The molecule has 3 nitrogen and oxygen atoms in total. The fraction of sp³-hybridized carbons (Fsp3) is 0.571. The van der Waals surface area contributed by atoms with E-state index in [0.29, 0.717) is 5.25 Å². The Morgan fingerprint density at radius 1 is 1.56 bits per heavy atom. The molecule has 0 radical (unpaired) electrons. The van der Waals surface area contributed by atoms with Crippen LogP contribution < -0.4 is 0 Å². The number of thioether (sulfide) groups is 1. The molecule has 98 valence electrons. The molecule has 0 bridgehead atoms. The average molecular weight is 264 g/mol. The van der Waals surface area contributed by atoms with Crippen molar-refractivity contribution in [3.8, 4) is 0 Å². The van der Waals surface area contributed by atoms with Gasteiger partial charge in [0, 0.05) is 30.5 Å². The quantitative estimate of drug-likeness (QED) is 0.786. The molecule has 0 unspecified atom stereocenters. The van der Waals surface area contributed by atoms with E-state index in [0.717, 1.165) is 24.4 Å².